The summed E-state index contributed by atoms with van der Waals surface area (Å²) in [4.78, 5) is 23.7. The Hall–Kier alpha value is -1.89. The first-order valence-electron chi connectivity index (χ1n) is 7.84. The maximum atomic E-state index is 12.0. The summed E-state index contributed by atoms with van der Waals surface area (Å²) < 4.78 is 27.6. The van der Waals surface area contributed by atoms with E-state index < -0.39 is 34.4 Å². The fraction of sp³-hybridized carbons (Fsp3) is 0.529. The van der Waals surface area contributed by atoms with Crippen molar-refractivity contribution < 1.29 is 22.7 Å². The molecule has 0 aromatic heterocycles. The number of ether oxygens (including phenoxy) is 1. The largest absolute Gasteiger partial charge is 0.452 e. The number of sulfone groups is 1. The van der Waals surface area contributed by atoms with Crippen LogP contribution in [0.1, 0.15) is 43.1 Å². The van der Waals surface area contributed by atoms with Crippen LogP contribution in [0.3, 0.4) is 0 Å². The van der Waals surface area contributed by atoms with E-state index in [0.29, 0.717) is 12.0 Å². The molecule has 1 aromatic rings. The molecule has 1 atom stereocenters. The van der Waals surface area contributed by atoms with Gasteiger partial charge in [-0.2, -0.15) is 0 Å². The van der Waals surface area contributed by atoms with Crippen LogP contribution >= 0.6 is 0 Å². The summed E-state index contributed by atoms with van der Waals surface area (Å²) in [7, 11) is -3.05. The van der Waals surface area contributed by atoms with Crippen LogP contribution in [0, 0.1) is 0 Å². The number of hydrogen-bond donors (Lipinski definition) is 1. The third kappa shape index (κ3) is 5.06. The number of benzene rings is 1. The Labute approximate surface area is 142 Å². The van der Waals surface area contributed by atoms with Gasteiger partial charge in [-0.05, 0) is 29.5 Å². The lowest BCUT2D eigenvalue weighted by Crippen LogP contribution is -2.38. The molecule has 1 saturated heterocycles. The fourth-order valence-corrected chi connectivity index (χ4v) is 4.17. The van der Waals surface area contributed by atoms with Gasteiger partial charge in [0.05, 0.1) is 17.1 Å². The van der Waals surface area contributed by atoms with E-state index in [0.717, 1.165) is 5.56 Å². The number of esters is 1. The van der Waals surface area contributed by atoms with Crippen LogP contribution in [0.25, 0.3) is 0 Å². The zero-order chi connectivity index (χ0) is 18.0. The number of rotatable bonds is 4. The van der Waals surface area contributed by atoms with Gasteiger partial charge in [-0.25, -0.2) is 13.2 Å². The van der Waals surface area contributed by atoms with E-state index in [1.165, 1.54) is 0 Å². The maximum Gasteiger partial charge on any atom is 0.338 e. The van der Waals surface area contributed by atoms with Gasteiger partial charge in [0.15, 0.2) is 16.4 Å². The molecule has 0 bridgehead atoms. The Balaban J connectivity index is 1.83. The summed E-state index contributed by atoms with van der Waals surface area (Å²) in [6.07, 6.45) is 0.399. The highest BCUT2D eigenvalue weighted by Crippen LogP contribution is 2.22. The zero-order valence-corrected chi connectivity index (χ0v) is 15.0. The molecule has 1 N–H and O–H groups in total. The first kappa shape index (κ1) is 18.4. The Bertz CT molecular complexity index is 716. The predicted molar refractivity (Wildman–Crippen MR) is 90.6 cm³/mol. The Kier molecular flexibility index (Phi) is 5.32. The molecule has 6 nitrogen and oxygen atoms in total. The lowest BCUT2D eigenvalue weighted by atomic mass is 9.87. The fourth-order valence-electron chi connectivity index (χ4n) is 2.50. The zero-order valence-electron chi connectivity index (χ0n) is 14.2. The minimum Gasteiger partial charge on any atom is -0.452 e. The highest BCUT2D eigenvalue weighted by Gasteiger charge is 2.29. The van der Waals surface area contributed by atoms with Crippen molar-refractivity contribution in [2.45, 2.75) is 38.6 Å². The normalized spacial score (nSPS) is 19.7. The van der Waals surface area contributed by atoms with Gasteiger partial charge < -0.3 is 10.1 Å². The van der Waals surface area contributed by atoms with Crippen LogP contribution in [0.4, 0.5) is 0 Å². The average Bonchev–Trinajstić information content (AvgIpc) is 2.83. The molecule has 1 heterocycles. The van der Waals surface area contributed by atoms with E-state index in [2.05, 4.69) is 26.1 Å². The van der Waals surface area contributed by atoms with Gasteiger partial charge in [0.1, 0.15) is 0 Å². The number of hydrogen-bond acceptors (Lipinski definition) is 5. The summed E-state index contributed by atoms with van der Waals surface area (Å²) in [5.41, 5.74) is 1.46. The van der Waals surface area contributed by atoms with Crippen molar-refractivity contribution in [3.8, 4) is 0 Å². The summed E-state index contributed by atoms with van der Waals surface area (Å²) in [5.74, 6) is -1.04. The minimum atomic E-state index is -3.05. The van der Waals surface area contributed by atoms with Crippen LogP contribution < -0.4 is 5.32 Å². The first-order chi connectivity index (χ1) is 11.1. The molecule has 0 aliphatic carbocycles. The Morgan fingerprint density at radius 2 is 1.83 bits per heavy atom. The molecule has 24 heavy (non-hydrogen) atoms. The smallest absolute Gasteiger partial charge is 0.338 e. The maximum absolute atomic E-state index is 12.0. The molecule has 1 fully saturated rings. The van der Waals surface area contributed by atoms with Crippen molar-refractivity contribution in [2.75, 3.05) is 18.1 Å². The summed E-state index contributed by atoms with van der Waals surface area (Å²) >= 11 is 0. The summed E-state index contributed by atoms with van der Waals surface area (Å²) in [5, 5.41) is 2.57. The number of amides is 1. The van der Waals surface area contributed by atoms with Crippen LogP contribution in [-0.4, -0.2) is 44.4 Å². The van der Waals surface area contributed by atoms with E-state index in [-0.39, 0.29) is 16.9 Å². The van der Waals surface area contributed by atoms with Crippen molar-refractivity contribution in [3.63, 3.8) is 0 Å². The van der Waals surface area contributed by atoms with Gasteiger partial charge in [0, 0.05) is 6.04 Å². The monoisotopic (exact) mass is 353 g/mol. The predicted octanol–water partition coefficient (Wildman–Crippen LogP) is 1.44. The van der Waals surface area contributed by atoms with Gasteiger partial charge in [0.2, 0.25) is 0 Å². The van der Waals surface area contributed by atoms with E-state index in [1.807, 2.05) is 12.1 Å². The van der Waals surface area contributed by atoms with Gasteiger partial charge in [-0.15, -0.1) is 0 Å². The molecular weight excluding hydrogens is 330 g/mol. The second-order valence-corrected chi connectivity index (χ2v) is 9.30. The number of carbonyl (C=O) groups excluding carboxylic acids is 2. The van der Waals surface area contributed by atoms with Crippen LogP contribution in [-0.2, 0) is 24.8 Å². The minimum absolute atomic E-state index is 0.00998. The lowest BCUT2D eigenvalue weighted by Gasteiger charge is -2.18. The SMILES string of the molecule is CC(C)(C)c1ccc(C(=O)OCC(=O)NC2CCS(=O)(=O)C2)cc1. The molecule has 1 aliphatic heterocycles. The molecular formula is C17H23NO5S. The van der Waals surface area contributed by atoms with Crippen LogP contribution in [0.5, 0.6) is 0 Å². The average molecular weight is 353 g/mol. The van der Waals surface area contributed by atoms with Crippen molar-refractivity contribution in [2.24, 2.45) is 0 Å². The quantitative estimate of drug-likeness (QED) is 0.828. The molecule has 2 rings (SSSR count). The van der Waals surface area contributed by atoms with Gasteiger partial charge in [-0.1, -0.05) is 32.9 Å². The molecule has 0 radical (unpaired) electrons. The Morgan fingerprint density at radius 1 is 1.21 bits per heavy atom. The van der Waals surface area contributed by atoms with Gasteiger partial charge >= 0.3 is 5.97 Å². The van der Waals surface area contributed by atoms with E-state index in [4.69, 9.17) is 4.74 Å². The standard InChI is InChI=1S/C17H23NO5S/c1-17(2,3)13-6-4-12(5-7-13)16(20)23-10-15(19)18-14-8-9-24(21,22)11-14/h4-7,14H,8-11H2,1-3H3,(H,18,19). The summed E-state index contributed by atoms with van der Waals surface area (Å²) in [6.45, 7) is 5.81. The van der Waals surface area contributed by atoms with Gasteiger partial charge in [-0.3, -0.25) is 4.79 Å². The van der Waals surface area contributed by atoms with Crippen LogP contribution in [0.2, 0.25) is 0 Å². The second kappa shape index (κ2) is 6.93. The molecule has 7 heteroatoms. The third-order valence-corrected chi connectivity index (χ3v) is 5.69. The molecule has 1 amide bonds. The second-order valence-electron chi connectivity index (χ2n) is 7.07. The van der Waals surface area contributed by atoms with E-state index >= 15 is 0 Å². The molecule has 1 unspecified atom stereocenters. The number of carbonyl (C=O) groups is 2. The molecule has 0 spiro atoms. The molecule has 0 saturated carbocycles. The third-order valence-electron chi connectivity index (χ3n) is 3.92. The highest BCUT2D eigenvalue weighted by atomic mass is 32.2. The Morgan fingerprint density at radius 3 is 2.33 bits per heavy atom. The van der Waals surface area contributed by atoms with Crippen molar-refractivity contribution in [3.05, 3.63) is 35.4 Å². The van der Waals surface area contributed by atoms with Crippen molar-refractivity contribution in [1.29, 1.82) is 0 Å². The lowest BCUT2D eigenvalue weighted by molar-refractivity contribution is -0.124. The van der Waals surface area contributed by atoms with Crippen molar-refractivity contribution in [1.82, 2.24) is 5.32 Å². The van der Waals surface area contributed by atoms with Gasteiger partial charge in [0.25, 0.3) is 5.91 Å². The topological polar surface area (TPSA) is 89.5 Å². The molecule has 1 aliphatic rings. The molecule has 1 aromatic carbocycles. The first-order valence-corrected chi connectivity index (χ1v) is 9.66. The number of nitrogens with one attached hydrogen (secondary N) is 1. The molecule has 132 valence electrons. The van der Waals surface area contributed by atoms with E-state index in [9.17, 15) is 18.0 Å². The summed E-state index contributed by atoms with van der Waals surface area (Å²) in [6, 6.07) is 6.67. The highest BCUT2D eigenvalue weighted by molar-refractivity contribution is 7.91. The van der Waals surface area contributed by atoms with Crippen molar-refractivity contribution >= 4 is 21.7 Å². The van der Waals surface area contributed by atoms with Crippen LogP contribution in [0.15, 0.2) is 24.3 Å². The van der Waals surface area contributed by atoms with E-state index in [1.54, 1.807) is 12.1 Å².